The van der Waals surface area contributed by atoms with Crippen LogP contribution in [-0.2, 0) is 4.79 Å². The number of aromatic nitrogens is 2. The normalized spacial score (nSPS) is 14.7. The van der Waals surface area contributed by atoms with Gasteiger partial charge < -0.3 is 14.2 Å². The molecule has 22 heavy (non-hydrogen) atoms. The van der Waals surface area contributed by atoms with Gasteiger partial charge in [0.25, 0.3) is 0 Å². The van der Waals surface area contributed by atoms with Crippen LogP contribution >= 0.6 is 0 Å². The van der Waals surface area contributed by atoms with Crippen molar-refractivity contribution >= 4 is 5.91 Å². The molecule has 2 heterocycles. The van der Waals surface area contributed by atoms with Gasteiger partial charge in [-0.2, -0.15) is 4.98 Å². The maximum Gasteiger partial charge on any atom is 0.233 e. The summed E-state index contributed by atoms with van der Waals surface area (Å²) in [5.41, 5.74) is 0.804. The Bertz CT molecular complexity index is 662. The van der Waals surface area contributed by atoms with Gasteiger partial charge in [-0.05, 0) is 18.6 Å². The minimum Gasteiger partial charge on any atom is -0.496 e. The molecule has 6 nitrogen and oxygen atoms in total. The van der Waals surface area contributed by atoms with Crippen LogP contribution in [-0.4, -0.2) is 41.1 Å². The number of hydrogen-bond acceptors (Lipinski definition) is 5. The first-order chi connectivity index (χ1) is 10.7. The zero-order valence-electron chi connectivity index (χ0n) is 12.8. The van der Waals surface area contributed by atoms with Gasteiger partial charge >= 0.3 is 0 Å². The number of nitrogens with zero attached hydrogens (tertiary/aromatic N) is 3. The molecule has 1 aromatic heterocycles. The Hall–Kier alpha value is -2.37. The SMILES string of the molecule is CCCC(=O)N1CC(c2nc(-c3ccccc3OC)no2)C1. The zero-order valence-corrected chi connectivity index (χ0v) is 12.8. The van der Waals surface area contributed by atoms with E-state index in [1.165, 1.54) is 0 Å². The zero-order chi connectivity index (χ0) is 15.5. The standard InChI is InChI=1S/C16H19N3O3/c1-3-6-14(20)19-9-11(10-19)16-17-15(18-22-16)12-7-4-5-8-13(12)21-2/h4-5,7-8,11H,3,6,9-10H2,1-2H3. The maximum absolute atomic E-state index is 11.8. The summed E-state index contributed by atoms with van der Waals surface area (Å²) in [6.07, 6.45) is 1.47. The Kier molecular flexibility index (Phi) is 4.09. The van der Waals surface area contributed by atoms with Crippen LogP contribution in [0.5, 0.6) is 5.75 Å². The van der Waals surface area contributed by atoms with E-state index in [1.807, 2.05) is 36.1 Å². The highest BCUT2D eigenvalue weighted by atomic mass is 16.5. The third kappa shape index (κ3) is 2.68. The van der Waals surface area contributed by atoms with E-state index < -0.39 is 0 Å². The average Bonchev–Trinajstić information content (AvgIpc) is 2.95. The summed E-state index contributed by atoms with van der Waals surface area (Å²) >= 11 is 0. The molecule has 0 atom stereocenters. The van der Waals surface area contributed by atoms with E-state index in [1.54, 1.807) is 7.11 Å². The predicted octanol–water partition coefficient (Wildman–Crippen LogP) is 2.47. The van der Waals surface area contributed by atoms with Crippen LogP contribution in [0.3, 0.4) is 0 Å². The second-order valence-electron chi connectivity index (χ2n) is 5.40. The number of para-hydroxylation sites is 1. The van der Waals surface area contributed by atoms with Crippen molar-refractivity contribution in [2.75, 3.05) is 20.2 Å². The second kappa shape index (κ2) is 6.17. The molecule has 1 aliphatic rings. The molecule has 116 valence electrons. The van der Waals surface area contributed by atoms with E-state index in [9.17, 15) is 4.79 Å². The molecule has 6 heteroatoms. The largest absolute Gasteiger partial charge is 0.496 e. The first-order valence-electron chi connectivity index (χ1n) is 7.47. The van der Waals surface area contributed by atoms with E-state index >= 15 is 0 Å². The Morgan fingerprint density at radius 2 is 2.18 bits per heavy atom. The highest BCUT2D eigenvalue weighted by molar-refractivity contribution is 5.77. The van der Waals surface area contributed by atoms with E-state index in [0.29, 0.717) is 37.0 Å². The predicted molar refractivity (Wildman–Crippen MR) is 80.5 cm³/mol. The van der Waals surface area contributed by atoms with E-state index in [-0.39, 0.29) is 11.8 Å². The third-order valence-corrected chi connectivity index (χ3v) is 3.84. The lowest BCUT2D eigenvalue weighted by molar-refractivity contribution is -0.136. The fourth-order valence-corrected chi connectivity index (χ4v) is 2.55. The average molecular weight is 301 g/mol. The Labute approximate surface area is 129 Å². The van der Waals surface area contributed by atoms with Crippen molar-refractivity contribution in [2.24, 2.45) is 0 Å². The number of amides is 1. The summed E-state index contributed by atoms with van der Waals surface area (Å²) in [4.78, 5) is 18.0. The van der Waals surface area contributed by atoms with Crippen molar-refractivity contribution in [3.8, 4) is 17.1 Å². The van der Waals surface area contributed by atoms with Gasteiger partial charge in [0.2, 0.25) is 17.6 Å². The molecule has 0 N–H and O–H groups in total. The van der Waals surface area contributed by atoms with Gasteiger partial charge in [-0.1, -0.05) is 24.2 Å². The molecule has 1 fully saturated rings. The fourth-order valence-electron chi connectivity index (χ4n) is 2.55. The lowest BCUT2D eigenvalue weighted by atomic mass is 9.99. The summed E-state index contributed by atoms with van der Waals surface area (Å²) in [5.74, 6) is 2.15. The number of carbonyl (C=O) groups is 1. The second-order valence-corrected chi connectivity index (χ2v) is 5.40. The van der Waals surface area contributed by atoms with E-state index in [2.05, 4.69) is 10.1 Å². The molecule has 1 aliphatic heterocycles. The minimum atomic E-state index is 0.136. The number of benzene rings is 1. The molecule has 2 aromatic rings. The van der Waals surface area contributed by atoms with Crippen LogP contribution in [0.25, 0.3) is 11.4 Å². The molecule has 1 aromatic carbocycles. The number of rotatable bonds is 5. The molecule has 0 radical (unpaired) electrons. The number of carbonyl (C=O) groups excluding carboxylic acids is 1. The van der Waals surface area contributed by atoms with Crippen LogP contribution in [0.1, 0.15) is 31.6 Å². The fraction of sp³-hybridized carbons (Fsp3) is 0.438. The van der Waals surface area contributed by atoms with Crippen LogP contribution in [0, 0.1) is 0 Å². The molecule has 1 saturated heterocycles. The van der Waals surface area contributed by atoms with Crippen LogP contribution in [0.4, 0.5) is 0 Å². The van der Waals surface area contributed by atoms with Crippen LogP contribution in [0.15, 0.2) is 28.8 Å². The molecular weight excluding hydrogens is 282 g/mol. The highest BCUT2D eigenvalue weighted by Crippen LogP contribution is 2.31. The monoisotopic (exact) mass is 301 g/mol. The first kappa shape index (κ1) is 14.6. The van der Waals surface area contributed by atoms with Gasteiger partial charge in [0.1, 0.15) is 5.75 Å². The quantitative estimate of drug-likeness (QED) is 0.848. The topological polar surface area (TPSA) is 68.5 Å². The molecule has 0 saturated carbocycles. The Morgan fingerprint density at radius 3 is 2.91 bits per heavy atom. The summed E-state index contributed by atoms with van der Waals surface area (Å²) in [5, 5.41) is 4.03. The van der Waals surface area contributed by atoms with Crippen molar-refractivity contribution in [3.05, 3.63) is 30.2 Å². The van der Waals surface area contributed by atoms with E-state index in [0.717, 1.165) is 12.0 Å². The van der Waals surface area contributed by atoms with Gasteiger partial charge in [-0.25, -0.2) is 0 Å². The minimum absolute atomic E-state index is 0.136. The Balaban J connectivity index is 1.69. The number of hydrogen-bond donors (Lipinski definition) is 0. The molecule has 1 amide bonds. The summed E-state index contributed by atoms with van der Waals surface area (Å²) < 4.78 is 10.7. The lowest BCUT2D eigenvalue weighted by Gasteiger charge is -2.37. The number of ether oxygens (including phenoxy) is 1. The highest BCUT2D eigenvalue weighted by Gasteiger charge is 2.35. The van der Waals surface area contributed by atoms with Crippen molar-refractivity contribution in [2.45, 2.75) is 25.7 Å². The van der Waals surface area contributed by atoms with Crippen molar-refractivity contribution < 1.29 is 14.1 Å². The Morgan fingerprint density at radius 1 is 1.41 bits per heavy atom. The third-order valence-electron chi connectivity index (χ3n) is 3.84. The molecule has 0 spiro atoms. The molecular formula is C16H19N3O3. The molecule has 0 aliphatic carbocycles. The molecule has 0 bridgehead atoms. The summed E-state index contributed by atoms with van der Waals surface area (Å²) in [6, 6.07) is 7.56. The molecule has 3 rings (SSSR count). The van der Waals surface area contributed by atoms with Gasteiger partial charge in [-0.15, -0.1) is 0 Å². The van der Waals surface area contributed by atoms with Gasteiger partial charge in [0.15, 0.2) is 0 Å². The smallest absolute Gasteiger partial charge is 0.233 e. The lowest BCUT2D eigenvalue weighted by Crippen LogP contribution is -2.48. The van der Waals surface area contributed by atoms with Gasteiger partial charge in [0, 0.05) is 19.5 Å². The van der Waals surface area contributed by atoms with E-state index in [4.69, 9.17) is 9.26 Å². The number of methoxy groups -OCH3 is 1. The number of likely N-dealkylation sites (tertiary alicyclic amines) is 1. The summed E-state index contributed by atoms with van der Waals surface area (Å²) in [6.45, 7) is 3.32. The maximum atomic E-state index is 11.8. The van der Waals surface area contributed by atoms with Crippen LogP contribution in [0.2, 0.25) is 0 Å². The van der Waals surface area contributed by atoms with Gasteiger partial charge in [0.05, 0.1) is 18.6 Å². The summed E-state index contributed by atoms with van der Waals surface area (Å²) in [7, 11) is 1.61. The molecule has 0 unspecified atom stereocenters. The first-order valence-corrected chi connectivity index (χ1v) is 7.47. The van der Waals surface area contributed by atoms with Crippen molar-refractivity contribution in [3.63, 3.8) is 0 Å². The van der Waals surface area contributed by atoms with Gasteiger partial charge in [-0.3, -0.25) is 4.79 Å². The van der Waals surface area contributed by atoms with Crippen molar-refractivity contribution in [1.82, 2.24) is 15.0 Å². The van der Waals surface area contributed by atoms with Crippen LogP contribution < -0.4 is 4.74 Å². The van der Waals surface area contributed by atoms with Crippen molar-refractivity contribution in [1.29, 1.82) is 0 Å².